The zero-order valence-electron chi connectivity index (χ0n) is 21.7. The summed E-state index contributed by atoms with van der Waals surface area (Å²) in [5.74, 6) is -0.871. The molecule has 6 nitrogen and oxygen atoms in total. The Balaban J connectivity index is 0.00000235. The molecule has 3 amide bonds. The van der Waals surface area contributed by atoms with Gasteiger partial charge in [-0.15, -0.1) is 0 Å². The van der Waals surface area contributed by atoms with E-state index >= 15 is 0 Å². The number of hydrogen-bond acceptors (Lipinski definition) is 3. The van der Waals surface area contributed by atoms with Crippen molar-refractivity contribution in [3.8, 4) is 0 Å². The van der Waals surface area contributed by atoms with Gasteiger partial charge in [-0.3, -0.25) is 14.4 Å². The van der Waals surface area contributed by atoms with Crippen molar-refractivity contribution in [3.05, 3.63) is 132 Å². The molecule has 0 unspecified atom stereocenters. The Bertz CT molecular complexity index is 1190. The number of carbonyl (C=O) groups excluding carboxylic acids is 3. The summed E-state index contributed by atoms with van der Waals surface area (Å²) < 4.78 is 0. The molecule has 0 aliphatic rings. The topological polar surface area (TPSA) is 87.3 Å². The lowest BCUT2D eigenvalue weighted by Gasteiger charge is -2.23. The Kier molecular flexibility index (Phi) is 12.1. The van der Waals surface area contributed by atoms with E-state index in [1.165, 1.54) is 6.20 Å². The molecule has 192 valence electrons. The van der Waals surface area contributed by atoms with Gasteiger partial charge in [-0.05, 0) is 42.8 Å². The van der Waals surface area contributed by atoms with Gasteiger partial charge in [0.05, 0.1) is 6.04 Å². The highest BCUT2D eigenvalue weighted by molar-refractivity contribution is 5.96. The van der Waals surface area contributed by atoms with Crippen LogP contribution in [0.25, 0.3) is 0 Å². The highest BCUT2D eigenvalue weighted by Gasteiger charge is 2.19. The molecule has 0 saturated carbocycles. The lowest BCUT2D eigenvalue weighted by molar-refractivity contribution is 0.0936. The molecule has 3 aromatic rings. The smallest absolute Gasteiger partial charge is 0.255 e. The molecular weight excluding hydrogens is 462 g/mol. The van der Waals surface area contributed by atoms with Gasteiger partial charge in [-0.1, -0.05) is 87.5 Å². The second-order valence-electron chi connectivity index (χ2n) is 7.94. The standard InChI is InChI=1S/C29H29N3O3.C2H6/c1-3-21(2)26(32-29(35)24-17-11-6-12-18-24)19-25(31-28(34)23-15-9-5-10-16-23)20-30-27(33)22-13-7-4-8-14-22;1-2/h4-18,20,26H,2-3,19H2,1H3,(H,30,33)(H,31,34)(H,32,35);1-2H3/b25-20-;/t26-;/m0./s1. The maximum absolute atomic E-state index is 12.9. The SMILES string of the molecule is C=C(CC)[C@H](C/C(=C/NC(=O)c1ccccc1)NC(=O)c1ccccc1)NC(=O)c1ccccc1.CC. The van der Waals surface area contributed by atoms with Crippen LogP contribution in [0.3, 0.4) is 0 Å². The van der Waals surface area contributed by atoms with Crippen LogP contribution in [0.1, 0.15) is 64.7 Å². The molecule has 1 atom stereocenters. The van der Waals surface area contributed by atoms with Gasteiger partial charge in [0.1, 0.15) is 0 Å². The van der Waals surface area contributed by atoms with Gasteiger partial charge in [0.2, 0.25) is 0 Å². The van der Waals surface area contributed by atoms with Crippen molar-refractivity contribution < 1.29 is 14.4 Å². The molecule has 0 radical (unpaired) electrons. The summed E-state index contributed by atoms with van der Waals surface area (Å²) in [6.45, 7) is 10.1. The first-order valence-corrected chi connectivity index (χ1v) is 12.4. The fourth-order valence-electron chi connectivity index (χ4n) is 3.37. The van der Waals surface area contributed by atoms with Crippen molar-refractivity contribution in [1.29, 1.82) is 0 Å². The van der Waals surface area contributed by atoms with E-state index in [1.54, 1.807) is 72.8 Å². The van der Waals surface area contributed by atoms with Crippen molar-refractivity contribution in [1.82, 2.24) is 16.0 Å². The molecule has 0 bridgehead atoms. The van der Waals surface area contributed by atoms with E-state index in [-0.39, 0.29) is 24.1 Å². The second-order valence-corrected chi connectivity index (χ2v) is 7.94. The van der Waals surface area contributed by atoms with Crippen LogP contribution in [0.5, 0.6) is 0 Å². The summed E-state index contributed by atoms with van der Waals surface area (Å²) >= 11 is 0. The number of hydrogen-bond donors (Lipinski definition) is 3. The summed E-state index contributed by atoms with van der Waals surface area (Å²) in [4.78, 5) is 38.3. The van der Waals surface area contributed by atoms with Crippen molar-refractivity contribution >= 4 is 17.7 Å². The van der Waals surface area contributed by atoms with Gasteiger partial charge in [0.15, 0.2) is 0 Å². The number of carbonyl (C=O) groups is 3. The molecule has 0 aliphatic heterocycles. The van der Waals surface area contributed by atoms with Gasteiger partial charge < -0.3 is 16.0 Å². The monoisotopic (exact) mass is 497 g/mol. The first kappa shape index (κ1) is 28.8. The number of amides is 3. The summed E-state index contributed by atoms with van der Waals surface area (Å²) in [7, 11) is 0. The average Bonchev–Trinajstić information content (AvgIpc) is 2.97. The minimum absolute atomic E-state index is 0.235. The Morgan fingerprint density at radius 2 is 1.16 bits per heavy atom. The van der Waals surface area contributed by atoms with Gasteiger partial charge in [0.25, 0.3) is 17.7 Å². The van der Waals surface area contributed by atoms with E-state index in [0.717, 1.165) is 5.57 Å². The van der Waals surface area contributed by atoms with Crippen LogP contribution in [0.15, 0.2) is 115 Å². The van der Waals surface area contributed by atoms with Gasteiger partial charge in [0, 0.05) is 35.0 Å². The zero-order valence-corrected chi connectivity index (χ0v) is 21.7. The predicted octanol–water partition coefficient (Wildman–Crippen LogP) is 5.87. The normalized spacial score (nSPS) is 11.3. The number of benzene rings is 3. The lowest BCUT2D eigenvalue weighted by atomic mass is 10.0. The van der Waals surface area contributed by atoms with Crippen molar-refractivity contribution in [2.45, 2.75) is 39.7 Å². The maximum atomic E-state index is 12.9. The van der Waals surface area contributed by atoms with Crippen LogP contribution in [-0.4, -0.2) is 23.8 Å². The fraction of sp³-hybridized carbons (Fsp3) is 0.194. The third-order valence-corrected chi connectivity index (χ3v) is 5.44. The van der Waals surface area contributed by atoms with Gasteiger partial charge >= 0.3 is 0 Å². The lowest BCUT2D eigenvalue weighted by Crippen LogP contribution is -2.38. The summed E-state index contributed by atoms with van der Waals surface area (Å²) in [5, 5.41) is 8.63. The first-order chi connectivity index (χ1) is 18.0. The first-order valence-electron chi connectivity index (χ1n) is 12.4. The molecule has 3 N–H and O–H groups in total. The van der Waals surface area contributed by atoms with E-state index in [4.69, 9.17) is 0 Å². The fourth-order valence-corrected chi connectivity index (χ4v) is 3.37. The summed E-state index contributed by atoms with van der Waals surface area (Å²) in [6.07, 6.45) is 2.34. The van der Waals surface area contributed by atoms with Crippen molar-refractivity contribution in [3.63, 3.8) is 0 Å². The average molecular weight is 498 g/mol. The second kappa shape index (κ2) is 15.5. The van der Waals surface area contributed by atoms with E-state index < -0.39 is 6.04 Å². The van der Waals surface area contributed by atoms with Gasteiger partial charge in [-0.2, -0.15) is 0 Å². The number of nitrogens with one attached hydrogen (secondary N) is 3. The van der Waals surface area contributed by atoms with Gasteiger partial charge in [-0.25, -0.2) is 0 Å². The van der Waals surface area contributed by atoms with Crippen molar-refractivity contribution in [2.75, 3.05) is 0 Å². The largest absolute Gasteiger partial charge is 0.345 e. The Morgan fingerprint density at radius 3 is 1.62 bits per heavy atom. The molecule has 0 aliphatic carbocycles. The third kappa shape index (κ3) is 9.26. The quantitative estimate of drug-likeness (QED) is 0.306. The molecule has 3 aromatic carbocycles. The summed E-state index contributed by atoms with van der Waals surface area (Å²) in [5.41, 5.74) is 2.73. The molecule has 3 rings (SSSR count). The van der Waals surface area contributed by atoms with E-state index in [9.17, 15) is 14.4 Å². The van der Waals surface area contributed by atoms with Crippen LogP contribution >= 0.6 is 0 Å². The third-order valence-electron chi connectivity index (χ3n) is 5.44. The Hall–Kier alpha value is -4.45. The highest BCUT2D eigenvalue weighted by Crippen LogP contribution is 2.15. The van der Waals surface area contributed by atoms with Crippen LogP contribution in [0.4, 0.5) is 0 Å². The maximum Gasteiger partial charge on any atom is 0.255 e. The predicted molar refractivity (Wildman–Crippen MR) is 149 cm³/mol. The van der Waals surface area contributed by atoms with E-state index in [2.05, 4.69) is 22.5 Å². The van der Waals surface area contributed by atoms with Crippen LogP contribution < -0.4 is 16.0 Å². The van der Waals surface area contributed by atoms with E-state index in [1.807, 2.05) is 39.0 Å². The molecule has 0 spiro atoms. The molecule has 0 aromatic heterocycles. The van der Waals surface area contributed by atoms with Crippen molar-refractivity contribution in [2.24, 2.45) is 0 Å². The Morgan fingerprint density at radius 1 is 0.730 bits per heavy atom. The van der Waals surface area contributed by atoms with Crippen LogP contribution in [0.2, 0.25) is 0 Å². The van der Waals surface area contributed by atoms with E-state index in [0.29, 0.717) is 28.8 Å². The van der Waals surface area contributed by atoms with Crippen LogP contribution in [0, 0.1) is 0 Å². The highest BCUT2D eigenvalue weighted by atomic mass is 16.2. The molecule has 6 heteroatoms. The zero-order chi connectivity index (χ0) is 27.0. The molecule has 37 heavy (non-hydrogen) atoms. The summed E-state index contributed by atoms with van der Waals surface area (Å²) in [6, 6.07) is 26.0. The minimum Gasteiger partial charge on any atom is -0.345 e. The molecular formula is C31H35N3O3. The number of rotatable bonds is 10. The Labute approximate surface area is 219 Å². The molecule has 0 saturated heterocycles. The minimum atomic E-state index is -0.455. The molecule has 0 fully saturated rings. The van der Waals surface area contributed by atoms with Crippen LogP contribution in [-0.2, 0) is 0 Å². The molecule has 0 heterocycles.